The third kappa shape index (κ3) is 4.82. The van der Waals surface area contributed by atoms with Crippen molar-refractivity contribution in [3.8, 4) is 22.9 Å². The van der Waals surface area contributed by atoms with Crippen molar-refractivity contribution in [1.29, 1.82) is 0 Å². The number of pyridine rings is 2. The first-order valence-corrected chi connectivity index (χ1v) is 14.5. The fraction of sp³-hybridized carbons (Fsp3) is 0.250. The number of nitrogens with zero attached hydrogens (tertiary/aromatic N) is 7. The average molecular weight is 574 g/mol. The number of nitrogens with one attached hydrogen (secondary N) is 1. The number of rotatable bonds is 6. The van der Waals surface area contributed by atoms with Gasteiger partial charge in [0.25, 0.3) is 0 Å². The molecule has 43 heavy (non-hydrogen) atoms. The van der Waals surface area contributed by atoms with Crippen LogP contribution in [0.2, 0.25) is 0 Å². The molecule has 1 aliphatic heterocycles. The molecule has 11 heteroatoms. The smallest absolute Gasteiger partial charge is 0.245 e. The van der Waals surface area contributed by atoms with Gasteiger partial charge in [-0.05, 0) is 85.4 Å². The van der Waals surface area contributed by atoms with E-state index in [0.717, 1.165) is 29.6 Å². The molecular weight excluding hydrogens is 542 g/mol. The molecule has 5 heterocycles. The lowest BCUT2D eigenvalue weighted by molar-refractivity contribution is -0.132. The highest BCUT2D eigenvalue weighted by Crippen LogP contribution is 2.36. The summed E-state index contributed by atoms with van der Waals surface area (Å²) in [5.74, 6) is 1.58. The third-order valence-electron chi connectivity index (χ3n) is 8.44. The van der Waals surface area contributed by atoms with Crippen LogP contribution in [0.1, 0.15) is 36.4 Å². The SMILES string of the molecule is C=CC(=O)N1CCC(C(=O)N[C@H]2CCc3cc(-n4c(-c5cccnc5N)nc5ccc(-n6cccn6)nc54)ccc32)CC1. The molecule has 1 aliphatic carbocycles. The summed E-state index contributed by atoms with van der Waals surface area (Å²) in [7, 11) is 0. The number of carbonyl (C=O) groups is 2. The number of benzene rings is 1. The summed E-state index contributed by atoms with van der Waals surface area (Å²) in [5, 5.41) is 7.63. The van der Waals surface area contributed by atoms with Gasteiger partial charge in [-0.25, -0.2) is 19.6 Å². The van der Waals surface area contributed by atoms with Crippen LogP contribution in [0.15, 0.2) is 79.8 Å². The maximum Gasteiger partial charge on any atom is 0.245 e. The second kappa shape index (κ2) is 10.8. The monoisotopic (exact) mass is 573 g/mol. The highest BCUT2D eigenvalue weighted by atomic mass is 16.2. The lowest BCUT2D eigenvalue weighted by Crippen LogP contribution is -2.43. The average Bonchev–Trinajstić information content (AvgIpc) is 3.80. The number of fused-ring (bicyclic) bond motifs is 2. The maximum absolute atomic E-state index is 13.2. The number of piperidine rings is 1. The Kier molecular flexibility index (Phi) is 6.69. The van der Waals surface area contributed by atoms with Crippen molar-refractivity contribution in [3.05, 3.63) is 90.9 Å². The van der Waals surface area contributed by atoms with Gasteiger partial charge in [0.2, 0.25) is 11.8 Å². The van der Waals surface area contributed by atoms with Crippen LogP contribution in [0.25, 0.3) is 34.1 Å². The first-order valence-electron chi connectivity index (χ1n) is 14.5. The van der Waals surface area contributed by atoms with Crippen LogP contribution in [-0.4, -0.2) is 59.1 Å². The molecule has 1 atom stereocenters. The Morgan fingerprint density at radius 1 is 1.02 bits per heavy atom. The van der Waals surface area contributed by atoms with E-state index in [4.69, 9.17) is 15.7 Å². The molecule has 11 nitrogen and oxygen atoms in total. The van der Waals surface area contributed by atoms with E-state index in [0.29, 0.717) is 54.6 Å². The molecule has 0 bridgehead atoms. The number of aromatic nitrogens is 6. The molecule has 3 N–H and O–H groups in total. The maximum atomic E-state index is 13.2. The predicted molar refractivity (Wildman–Crippen MR) is 162 cm³/mol. The fourth-order valence-corrected chi connectivity index (χ4v) is 6.18. The summed E-state index contributed by atoms with van der Waals surface area (Å²) >= 11 is 0. The summed E-state index contributed by atoms with van der Waals surface area (Å²) in [6.07, 6.45) is 9.54. The molecule has 1 saturated heterocycles. The van der Waals surface area contributed by atoms with Crippen LogP contribution >= 0.6 is 0 Å². The summed E-state index contributed by atoms with van der Waals surface area (Å²) in [6, 6.07) is 15.7. The van der Waals surface area contributed by atoms with Crippen molar-refractivity contribution in [2.45, 2.75) is 31.7 Å². The lowest BCUT2D eigenvalue weighted by atomic mass is 9.95. The van der Waals surface area contributed by atoms with Crippen molar-refractivity contribution < 1.29 is 9.59 Å². The van der Waals surface area contributed by atoms with Gasteiger partial charge in [-0.15, -0.1) is 0 Å². The van der Waals surface area contributed by atoms with Gasteiger partial charge >= 0.3 is 0 Å². The van der Waals surface area contributed by atoms with E-state index in [-0.39, 0.29) is 23.8 Å². The van der Waals surface area contributed by atoms with E-state index in [9.17, 15) is 9.59 Å². The Labute approximate surface area is 248 Å². The van der Waals surface area contributed by atoms with Crippen LogP contribution in [0.5, 0.6) is 0 Å². The molecule has 0 radical (unpaired) electrons. The molecule has 0 saturated carbocycles. The van der Waals surface area contributed by atoms with Crippen LogP contribution in [0, 0.1) is 5.92 Å². The summed E-state index contributed by atoms with van der Waals surface area (Å²) in [6.45, 7) is 4.72. The molecule has 216 valence electrons. The van der Waals surface area contributed by atoms with E-state index in [2.05, 4.69) is 34.1 Å². The van der Waals surface area contributed by atoms with Crippen molar-refractivity contribution in [2.75, 3.05) is 18.8 Å². The van der Waals surface area contributed by atoms with Gasteiger partial charge < -0.3 is 16.0 Å². The zero-order chi connectivity index (χ0) is 29.5. The minimum Gasteiger partial charge on any atom is -0.383 e. The van der Waals surface area contributed by atoms with Gasteiger partial charge in [0.15, 0.2) is 17.3 Å². The summed E-state index contributed by atoms with van der Waals surface area (Å²) in [4.78, 5) is 41.0. The summed E-state index contributed by atoms with van der Waals surface area (Å²) in [5.41, 5.74) is 11.6. The number of nitrogen functional groups attached to an aromatic ring is 1. The molecule has 0 spiro atoms. The van der Waals surface area contributed by atoms with Crippen molar-refractivity contribution >= 4 is 28.8 Å². The predicted octanol–water partition coefficient (Wildman–Crippen LogP) is 3.78. The Bertz CT molecular complexity index is 1850. The topological polar surface area (TPSA) is 137 Å². The van der Waals surface area contributed by atoms with Gasteiger partial charge in [0, 0.05) is 43.3 Å². The molecule has 2 aliphatic rings. The van der Waals surface area contributed by atoms with Crippen LogP contribution in [0.4, 0.5) is 5.82 Å². The van der Waals surface area contributed by atoms with E-state index in [1.807, 2.05) is 47.2 Å². The second-order valence-corrected chi connectivity index (χ2v) is 11.0. The van der Waals surface area contributed by atoms with Crippen LogP contribution < -0.4 is 11.1 Å². The molecular formula is C32H31N9O2. The largest absolute Gasteiger partial charge is 0.383 e. The number of hydrogen-bond acceptors (Lipinski definition) is 7. The van der Waals surface area contributed by atoms with E-state index < -0.39 is 0 Å². The highest BCUT2D eigenvalue weighted by Gasteiger charge is 2.31. The molecule has 2 amide bonds. The van der Waals surface area contributed by atoms with Crippen LogP contribution in [-0.2, 0) is 16.0 Å². The van der Waals surface area contributed by atoms with Crippen molar-refractivity contribution in [2.24, 2.45) is 5.92 Å². The minimum atomic E-state index is -0.0999. The number of carbonyl (C=O) groups excluding carboxylic acids is 2. The number of likely N-dealkylation sites (tertiary alicyclic amines) is 1. The third-order valence-corrected chi connectivity index (χ3v) is 8.44. The Morgan fingerprint density at radius 2 is 1.88 bits per heavy atom. The Hall–Kier alpha value is -5.32. The zero-order valence-corrected chi connectivity index (χ0v) is 23.6. The minimum absolute atomic E-state index is 0.0536. The van der Waals surface area contributed by atoms with Gasteiger partial charge in [-0.3, -0.25) is 14.2 Å². The molecule has 4 aromatic heterocycles. The van der Waals surface area contributed by atoms with Crippen molar-refractivity contribution in [1.82, 2.24) is 39.5 Å². The van der Waals surface area contributed by atoms with Gasteiger partial charge in [-0.2, -0.15) is 5.10 Å². The van der Waals surface area contributed by atoms with E-state index in [1.165, 1.54) is 11.6 Å². The van der Waals surface area contributed by atoms with Crippen LogP contribution in [0.3, 0.4) is 0 Å². The quantitative estimate of drug-likeness (QED) is 0.295. The number of anilines is 1. The fourth-order valence-electron chi connectivity index (χ4n) is 6.18. The zero-order valence-electron chi connectivity index (χ0n) is 23.6. The molecule has 1 fully saturated rings. The number of hydrogen-bond donors (Lipinski definition) is 2. The number of nitrogens with two attached hydrogens (primary N) is 1. The number of amides is 2. The second-order valence-electron chi connectivity index (χ2n) is 11.0. The normalized spacial score (nSPS) is 16.7. The molecule has 7 rings (SSSR count). The Balaban J connectivity index is 1.20. The first-order chi connectivity index (χ1) is 21.0. The summed E-state index contributed by atoms with van der Waals surface area (Å²) < 4.78 is 3.73. The van der Waals surface area contributed by atoms with Crippen molar-refractivity contribution in [3.63, 3.8) is 0 Å². The van der Waals surface area contributed by atoms with Gasteiger partial charge in [0.1, 0.15) is 11.3 Å². The lowest BCUT2D eigenvalue weighted by Gasteiger charge is -2.31. The van der Waals surface area contributed by atoms with Gasteiger partial charge in [-0.1, -0.05) is 12.6 Å². The highest BCUT2D eigenvalue weighted by molar-refractivity contribution is 5.87. The van der Waals surface area contributed by atoms with Gasteiger partial charge in [0.05, 0.1) is 11.6 Å². The number of imidazole rings is 1. The van der Waals surface area contributed by atoms with E-state index in [1.54, 1.807) is 22.0 Å². The molecule has 0 unspecified atom stereocenters. The van der Waals surface area contributed by atoms with E-state index >= 15 is 0 Å². The molecule has 1 aromatic carbocycles. The first kappa shape index (κ1) is 26.6. The molecule has 5 aromatic rings. The Morgan fingerprint density at radius 3 is 2.65 bits per heavy atom. The standard InChI is InChI=1S/C32H31N9O2/c1-2-28(42)39-17-12-20(13-18-39)32(43)37-25-9-6-21-19-22(7-8-23(21)25)41-30(24-5-3-14-34-29(24)33)36-26-10-11-27(38-31(26)41)40-16-4-15-35-40/h2-5,7-8,10-11,14-16,19-20,25H,1,6,9,12-13,17-18H2,(H2,33,34)(H,37,43)/t25-/m0/s1. The number of aryl methyl sites for hydroxylation is 1.